The van der Waals surface area contributed by atoms with Crippen LogP contribution in [0, 0.1) is 11.6 Å². The number of hydrogen-bond acceptors (Lipinski definition) is 2. The van der Waals surface area contributed by atoms with Gasteiger partial charge in [-0.15, -0.1) is 12.4 Å². The third-order valence-electron chi connectivity index (χ3n) is 3.31. The maximum atomic E-state index is 13.8. The van der Waals surface area contributed by atoms with E-state index in [0.29, 0.717) is 26.2 Å². The summed E-state index contributed by atoms with van der Waals surface area (Å²) in [7, 11) is 0. The Labute approximate surface area is 121 Å². The van der Waals surface area contributed by atoms with Crippen LogP contribution < -0.4 is 5.32 Å². The summed E-state index contributed by atoms with van der Waals surface area (Å²) in [5.74, 6) is -1.24. The fraction of sp³-hybridized carbons (Fsp3) is 0.538. The third kappa shape index (κ3) is 4.33. The average molecular weight is 313 g/mol. The van der Waals surface area contributed by atoms with Crippen LogP contribution in [-0.2, 0) is 0 Å². The number of nitrogens with zero attached hydrogens (tertiary/aromatic N) is 1. The zero-order valence-electron chi connectivity index (χ0n) is 10.8. The topological polar surface area (TPSA) is 15.3 Å². The van der Waals surface area contributed by atoms with Crippen LogP contribution >= 0.6 is 12.4 Å². The maximum Gasteiger partial charge on any atom is 0.240 e. The van der Waals surface area contributed by atoms with E-state index < -0.39 is 30.5 Å². The molecule has 2 rings (SSSR count). The van der Waals surface area contributed by atoms with Crippen LogP contribution in [0.25, 0.3) is 0 Å². The molecule has 0 amide bonds. The molecule has 114 valence electrons. The van der Waals surface area contributed by atoms with Crippen molar-refractivity contribution in [3.8, 4) is 0 Å². The Bertz CT molecular complexity index is 425. The van der Waals surface area contributed by atoms with E-state index in [1.807, 2.05) is 0 Å². The highest BCUT2D eigenvalue weighted by atomic mass is 35.5. The van der Waals surface area contributed by atoms with E-state index >= 15 is 0 Å². The number of rotatable bonds is 4. The molecule has 1 atom stereocenters. The molecule has 1 aromatic carbocycles. The van der Waals surface area contributed by atoms with E-state index in [-0.39, 0.29) is 18.0 Å². The van der Waals surface area contributed by atoms with Crippen molar-refractivity contribution in [2.24, 2.45) is 0 Å². The van der Waals surface area contributed by atoms with Crippen molar-refractivity contribution in [1.29, 1.82) is 0 Å². The lowest BCUT2D eigenvalue weighted by molar-refractivity contribution is 0.0724. The molecule has 1 aliphatic rings. The van der Waals surface area contributed by atoms with Crippen molar-refractivity contribution in [1.82, 2.24) is 10.2 Å². The first-order chi connectivity index (χ1) is 9.08. The smallest absolute Gasteiger partial charge is 0.240 e. The van der Waals surface area contributed by atoms with Gasteiger partial charge in [-0.2, -0.15) is 0 Å². The van der Waals surface area contributed by atoms with Gasteiger partial charge in [0.05, 0.1) is 0 Å². The van der Waals surface area contributed by atoms with E-state index in [2.05, 4.69) is 5.32 Å². The van der Waals surface area contributed by atoms with E-state index in [1.165, 1.54) is 0 Å². The zero-order valence-corrected chi connectivity index (χ0v) is 11.6. The number of hydrogen-bond donors (Lipinski definition) is 1. The van der Waals surface area contributed by atoms with Crippen molar-refractivity contribution >= 4 is 12.4 Å². The molecule has 1 fully saturated rings. The summed E-state index contributed by atoms with van der Waals surface area (Å²) in [6.45, 7) is 2.42. The van der Waals surface area contributed by atoms with Gasteiger partial charge in [0.25, 0.3) is 0 Å². The quantitative estimate of drug-likeness (QED) is 0.860. The molecule has 0 saturated carbocycles. The van der Waals surface area contributed by atoms with E-state index in [0.717, 1.165) is 18.2 Å². The number of piperazine rings is 1. The van der Waals surface area contributed by atoms with Crippen LogP contribution in [0.3, 0.4) is 0 Å². The summed E-state index contributed by atoms with van der Waals surface area (Å²) in [5.41, 5.74) is 0.0159. The minimum Gasteiger partial charge on any atom is -0.314 e. The van der Waals surface area contributed by atoms with Crippen LogP contribution in [0.5, 0.6) is 0 Å². The normalized spacial score (nSPS) is 17.9. The van der Waals surface area contributed by atoms with Crippen LogP contribution in [0.2, 0.25) is 0 Å². The Kier molecular flexibility index (Phi) is 6.71. The summed E-state index contributed by atoms with van der Waals surface area (Å²) in [6.07, 6.45) is -3.04. The van der Waals surface area contributed by atoms with Gasteiger partial charge in [-0.25, -0.2) is 17.6 Å². The van der Waals surface area contributed by atoms with Gasteiger partial charge in [0.15, 0.2) is 0 Å². The van der Waals surface area contributed by atoms with Gasteiger partial charge in [0, 0.05) is 44.2 Å². The van der Waals surface area contributed by atoms with Gasteiger partial charge in [-0.3, -0.25) is 4.90 Å². The molecule has 0 spiro atoms. The number of alkyl halides is 2. The van der Waals surface area contributed by atoms with Crippen molar-refractivity contribution in [3.05, 3.63) is 35.4 Å². The Morgan fingerprint density at radius 1 is 1.15 bits per heavy atom. The van der Waals surface area contributed by atoms with Gasteiger partial charge >= 0.3 is 0 Å². The number of nitrogens with one attached hydrogen (secondary N) is 1. The molecule has 1 aromatic rings. The van der Waals surface area contributed by atoms with Crippen LogP contribution in [0.15, 0.2) is 18.2 Å². The van der Waals surface area contributed by atoms with Crippen LogP contribution in [0.1, 0.15) is 18.0 Å². The van der Waals surface area contributed by atoms with Crippen molar-refractivity contribution in [3.63, 3.8) is 0 Å². The maximum absolute atomic E-state index is 13.8. The Morgan fingerprint density at radius 2 is 1.80 bits per heavy atom. The summed E-state index contributed by atoms with van der Waals surface area (Å²) in [5, 5.41) is 3.10. The Hall–Kier alpha value is -0.850. The predicted octanol–water partition coefficient (Wildman–Crippen LogP) is 2.99. The zero-order chi connectivity index (χ0) is 13.8. The largest absolute Gasteiger partial charge is 0.314 e. The predicted molar refractivity (Wildman–Crippen MR) is 71.4 cm³/mol. The van der Waals surface area contributed by atoms with Crippen LogP contribution in [0.4, 0.5) is 17.6 Å². The lowest BCUT2D eigenvalue weighted by atomic mass is 10.0. The minimum absolute atomic E-state index is 0. The molecule has 0 unspecified atom stereocenters. The standard InChI is InChI=1S/C13H16F4N2.ClH/c14-9-1-2-11(15)10(7-9)12(8-13(16)17)19-5-3-18-4-6-19;/h1-2,7,12-13,18H,3-6,8H2;1H/t12-;/m1./s1. The molecular formula is C13H17ClF4N2. The SMILES string of the molecule is Cl.Fc1ccc(F)c([C@@H](CC(F)F)N2CCNCC2)c1. The second kappa shape index (κ2) is 7.81. The van der Waals surface area contributed by atoms with E-state index in [4.69, 9.17) is 0 Å². The third-order valence-corrected chi connectivity index (χ3v) is 3.31. The van der Waals surface area contributed by atoms with Gasteiger partial charge < -0.3 is 5.32 Å². The highest BCUT2D eigenvalue weighted by Gasteiger charge is 2.27. The molecule has 1 saturated heterocycles. The molecule has 2 nitrogen and oxygen atoms in total. The molecule has 0 aromatic heterocycles. The Morgan fingerprint density at radius 3 is 2.40 bits per heavy atom. The van der Waals surface area contributed by atoms with Gasteiger partial charge in [-0.05, 0) is 18.2 Å². The summed E-state index contributed by atoms with van der Waals surface area (Å²) in [6, 6.07) is 2.23. The molecule has 20 heavy (non-hydrogen) atoms. The first-order valence-electron chi connectivity index (χ1n) is 6.26. The molecule has 0 aliphatic carbocycles. The van der Waals surface area contributed by atoms with Gasteiger partial charge in [-0.1, -0.05) is 0 Å². The number of halogens is 5. The summed E-state index contributed by atoms with van der Waals surface area (Å²) >= 11 is 0. The molecule has 0 bridgehead atoms. The summed E-state index contributed by atoms with van der Waals surface area (Å²) < 4.78 is 52.4. The van der Waals surface area contributed by atoms with Crippen molar-refractivity contribution in [2.75, 3.05) is 26.2 Å². The average Bonchev–Trinajstić information content (AvgIpc) is 2.40. The Balaban J connectivity index is 0.00000200. The summed E-state index contributed by atoms with van der Waals surface area (Å²) in [4.78, 5) is 1.78. The van der Waals surface area contributed by atoms with Crippen molar-refractivity contribution in [2.45, 2.75) is 18.9 Å². The first kappa shape index (κ1) is 17.2. The molecule has 1 heterocycles. The lowest BCUT2D eigenvalue weighted by Gasteiger charge is -2.35. The molecule has 1 aliphatic heterocycles. The lowest BCUT2D eigenvalue weighted by Crippen LogP contribution is -2.45. The minimum atomic E-state index is -2.55. The van der Waals surface area contributed by atoms with E-state index in [9.17, 15) is 17.6 Å². The fourth-order valence-corrected chi connectivity index (χ4v) is 2.41. The number of benzene rings is 1. The highest BCUT2D eigenvalue weighted by Crippen LogP contribution is 2.30. The van der Waals surface area contributed by atoms with Gasteiger partial charge in [0.1, 0.15) is 11.6 Å². The highest BCUT2D eigenvalue weighted by molar-refractivity contribution is 5.85. The molecule has 0 radical (unpaired) electrons. The van der Waals surface area contributed by atoms with Gasteiger partial charge in [0.2, 0.25) is 6.43 Å². The monoisotopic (exact) mass is 312 g/mol. The first-order valence-corrected chi connectivity index (χ1v) is 6.26. The van der Waals surface area contributed by atoms with Crippen molar-refractivity contribution < 1.29 is 17.6 Å². The second-order valence-corrected chi connectivity index (χ2v) is 4.59. The van der Waals surface area contributed by atoms with Crippen LogP contribution in [-0.4, -0.2) is 37.5 Å². The molecule has 7 heteroatoms. The molecular weight excluding hydrogens is 296 g/mol. The van der Waals surface area contributed by atoms with E-state index in [1.54, 1.807) is 4.90 Å². The fourth-order valence-electron chi connectivity index (χ4n) is 2.41. The second-order valence-electron chi connectivity index (χ2n) is 4.59. The molecule has 1 N–H and O–H groups in total.